The molecule has 1 atom stereocenters. The summed E-state index contributed by atoms with van der Waals surface area (Å²) < 4.78 is 20.1. The summed E-state index contributed by atoms with van der Waals surface area (Å²) in [6.07, 6.45) is 2.24. The first-order valence-corrected chi connectivity index (χ1v) is 9.25. The van der Waals surface area contributed by atoms with Crippen LogP contribution in [0.25, 0.3) is 5.69 Å². The van der Waals surface area contributed by atoms with Gasteiger partial charge in [0.25, 0.3) is 5.91 Å². The summed E-state index contributed by atoms with van der Waals surface area (Å²) in [7, 11) is 0. The number of halogens is 1. The van der Waals surface area contributed by atoms with Crippen molar-refractivity contribution in [3.8, 4) is 5.69 Å². The zero-order chi connectivity index (χ0) is 19.5. The van der Waals surface area contributed by atoms with Crippen molar-refractivity contribution < 1.29 is 18.7 Å². The summed E-state index contributed by atoms with van der Waals surface area (Å²) >= 11 is 1.34. The lowest BCUT2D eigenvalue weighted by atomic mass is 10.1. The number of ether oxygens (including phenoxy) is 1. The maximum atomic E-state index is 13.2. The Bertz CT molecular complexity index is 797. The lowest BCUT2D eigenvalue weighted by Crippen LogP contribution is -2.46. The molecule has 0 radical (unpaired) electrons. The lowest BCUT2D eigenvalue weighted by Gasteiger charge is -2.23. The van der Waals surface area contributed by atoms with Gasteiger partial charge < -0.3 is 10.1 Å². The average molecular weight is 379 g/mol. The molecule has 1 aromatic heterocycles. The Morgan fingerprint density at radius 1 is 1.27 bits per heavy atom. The van der Waals surface area contributed by atoms with Gasteiger partial charge >= 0.3 is 5.97 Å². The molecule has 1 unspecified atom stereocenters. The minimum Gasteiger partial charge on any atom is -0.448 e. The Balaban J connectivity index is 2.25. The number of amides is 1. The summed E-state index contributed by atoms with van der Waals surface area (Å²) in [5.41, 5.74) is 0.308. The van der Waals surface area contributed by atoms with Crippen molar-refractivity contribution in [1.29, 1.82) is 0 Å². The molecule has 0 aliphatic heterocycles. The van der Waals surface area contributed by atoms with E-state index in [2.05, 4.69) is 10.3 Å². The monoisotopic (exact) mass is 379 g/mol. The summed E-state index contributed by atoms with van der Waals surface area (Å²) in [4.78, 5) is 28.9. The molecule has 1 N–H and O–H groups in total. The standard InChI is InChI=1S/C18H22FN3O3S/c1-11(15(23)21-18(2,3)4)25-16(24)14-10-20-17(26-5)22(14)13-8-6-12(19)7-9-13/h6-11H,1-5H3,(H,21,23). The SMILES string of the molecule is CSc1ncc(C(=O)OC(C)C(=O)NC(C)(C)C)n1-c1ccc(F)cc1. The normalized spacial score (nSPS) is 12.5. The highest BCUT2D eigenvalue weighted by atomic mass is 32.2. The Morgan fingerprint density at radius 2 is 1.88 bits per heavy atom. The predicted octanol–water partition coefficient (Wildman–Crippen LogP) is 3.19. The Labute approximate surface area is 156 Å². The second-order valence-electron chi connectivity index (χ2n) is 6.73. The highest BCUT2D eigenvalue weighted by molar-refractivity contribution is 7.98. The molecular weight excluding hydrogens is 357 g/mol. The number of aromatic nitrogens is 2. The smallest absolute Gasteiger partial charge is 0.357 e. The molecule has 1 amide bonds. The van der Waals surface area contributed by atoms with E-state index in [0.717, 1.165) is 0 Å². The van der Waals surface area contributed by atoms with Gasteiger partial charge in [-0.25, -0.2) is 14.2 Å². The highest BCUT2D eigenvalue weighted by Crippen LogP contribution is 2.23. The van der Waals surface area contributed by atoms with Crippen LogP contribution in [0.15, 0.2) is 35.6 Å². The van der Waals surface area contributed by atoms with E-state index >= 15 is 0 Å². The third kappa shape index (κ3) is 4.85. The van der Waals surface area contributed by atoms with E-state index in [-0.39, 0.29) is 17.4 Å². The second-order valence-corrected chi connectivity index (χ2v) is 7.50. The summed E-state index contributed by atoms with van der Waals surface area (Å²) in [6.45, 7) is 7.03. The summed E-state index contributed by atoms with van der Waals surface area (Å²) in [5, 5.41) is 3.31. The van der Waals surface area contributed by atoms with Crippen LogP contribution in [-0.2, 0) is 9.53 Å². The van der Waals surface area contributed by atoms with E-state index in [1.807, 2.05) is 27.0 Å². The minimum absolute atomic E-state index is 0.163. The molecule has 8 heteroatoms. The van der Waals surface area contributed by atoms with Crippen LogP contribution in [0.4, 0.5) is 4.39 Å². The number of imidazole rings is 1. The molecule has 0 aliphatic rings. The predicted molar refractivity (Wildman–Crippen MR) is 98.1 cm³/mol. The van der Waals surface area contributed by atoms with Crippen molar-refractivity contribution in [3.63, 3.8) is 0 Å². The molecule has 1 heterocycles. The zero-order valence-electron chi connectivity index (χ0n) is 15.4. The number of esters is 1. The number of carbonyl (C=O) groups excluding carboxylic acids is 2. The molecule has 2 aromatic rings. The first-order chi connectivity index (χ1) is 12.1. The molecule has 140 valence electrons. The Hall–Kier alpha value is -2.35. The van der Waals surface area contributed by atoms with Crippen LogP contribution in [0.2, 0.25) is 0 Å². The molecular formula is C18H22FN3O3S. The summed E-state index contributed by atoms with van der Waals surface area (Å²) in [5.74, 6) is -1.45. The highest BCUT2D eigenvalue weighted by Gasteiger charge is 2.25. The van der Waals surface area contributed by atoms with E-state index in [1.54, 1.807) is 16.7 Å². The third-order valence-corrected chi connectivity index (χ3v) is 4.01. The van der Waals surface area contributed by atoms with Crippen molar-refractivity contribution in [1.82, 2.24) is 14.9 Å². The van der Waals surface area contributed by atoms with Crippen LogP contribution < -0.4 is 5.32 Å². The van der Waals surface area contributed by atoms with E-state index < -0.39 is 17.6 Å². The molecule has 1 aromatic carbocycles. The van der Waals surface area contributed by atoms with Crippen LogP contribution >= 0.6 is 11.8 Å². The van der Waals surface area contributed by atoms with Crippen molar-refractivity contribution in [2.24, 2.45) is 0 Å². The molecule has 0 spiro atoms. The maximum Gasteiger partial charge on any atom is 0.357 e. The molecule has 0 bridgehead atoms. The quantitative estimate of drug-likeness (QED) is 0.638. The lowest BCUT2D eigenvalue weighted by molar-refractivity contribution is -0.130. The first-order valence-electron chi connectivity index (χ1n) is 8.03. The fraction of sp³-hybridized carbons (Fsp3) is 0.389. The van der Waals surface area contributed by atoms with E-state index in [0.29, 0.717) is 10.8 Å². The van der Waals surface area contributed by atoms with Gasteiger partial charge in [-0.2, -0.15) is 0 Å². The number of carbonyl (C=O) groups is 2. The van der Waals surface area contributed by atoms with Gasteiger partial charge in [0.1, 0.15) is 5.82 Å². The number of thioether (sulfide) groups is 1. The van der Waals surface area contributed by atoms with Crippen molar-refractivity contribution in [2.75, 3.05) is 6.26 Å². The Kier molecular flexibility index (Phi) is 6.07. The van der Waals surface area contributed by atoms with Gasteiger partial charge in [-0.05, 0) is 58.2 Å². The van der Waals surface area contributed by atoms with Gasteiger partial charge in [0.15, 0.2) is 17.0 Å². The van der Waals surface area contributed by atoms with Crippen molar-refractivity contribution in [2.45, 2.75) is 44.5 Å². The molecule has 0 saturated carbocycles. The molecule has 6 nitrogen and oxygen atoms in total. The van der Waals surface area contributed by atoms with Gasteiger partial charge in [-0.1, -0.05) is 11.8 Å². The summed E-state index contributed by atoms with van der Waals surface area (Å²) in [6, 6.07) is 5.69. The fourth-order valence-electron chi connectivity index (χ4n) is 2.21. The largest absolute Gasteiger partial charge is 0.448 e. The van der Waals surface area contributed by atoms with E-state index in [4.69, 9.17) is 4.74 Å². The van der Waals surface area contributed by atoms with Crippen LogP contribution in [0.3, 0.4) is 0 Å². The number of rotatable bonds is 5. The number of nitrogens with one attached hydrogen (secondary N) is 1. The van der Waals surface area contributed by atoms with Gasteiger partial charge in [0.2, 0.25) is 0 Å². The third-order valence-electron chi connectivity index (χ3n) is 3.36. The van der Waals surface area contributed by atoms with Gasteiger partial charge in [0.05, 0.1) is 6.20 Å². The van der Waals surface area contributed by atoms with Gasteiger partial charge in [-0.15, -0.1) is 0 Å². The second kappa shape index (κ2) is 7.90. The van der Waals surface area contributed by atoms with Crippen molar-refractivity contribution in [3.05, 3.63) is 42.0 Å². The molecule has 2 rings (SSSR count). The van der Waals surface area contributed by atoms with Gasteiger partial charge in [0, 0.05) is 11.2 Å². The number of hydrogen-bond donors (Lipinski definition) is 1. The van der Waals surface area contributed by atoms with Crippen LogP contribution in [0.5, 0.6) is 0 Å². The molecule has 26 heavy (non-hydrogen) atoms. The number of benzene rings is 1. The van der Waals surface area contributed by atoms with Gasteiger partial charge in [-0.3, -0.25) is 9.36 Å². The Morgan fingerprint density at radius 3 is 2.42 bits per heavy atom. The average Bonchev–Trinajstić information content (AvgIpc) is 2.98. The zero-order valence-corrected chi connectivity index (χ0v) is 16.2. The van der Waals surface area contributed by atoms with E-state index in [9.17, 15) is 14.0 Å². The fourth-order valence-corrected chi connectivity index (χ4v) is 2.75. The number of hydrogen-bond acceptors (Lipinski definition) is 5. The van der Waals surface area contributed by atoms with E-state index in [1.165, 1.54) is 37.0 Å². The topological polar surface area (TPSA) is 73.2 Å². The molecule has 0 aliphatic carbocycles. The first kappa shape index (κ1) is 20.0. The number of nitrogens with zero attached hydrogens (tertiary/aromatic N) is 2. The molecule has 0 fully saturated rings. The molecule has 0 saturated heterocycles. The minimum atomic E-state index is -0.962. The van der Waals surface area contributed by atoms with Crippen LogP contribution in [0, 0.1) is 5.82 Å². The van der Waals surface area contributed by atoms with Crippen LogP contribution in [-0.4, -0.2) is 39.3 Å². The maximum absolute atomic E-state index is 13.2. The van der Waals surface area contributed by atoms with Crippen molar-refractivity contribution >= 4 is 23.6 Å². The van der Waals surface area contributed by atoms with Crippen LogP contribution in [0.1, 0.15) is 38.2 Å².